The maximum atomic E-state index is 5.72. The van der Waals surface area contributed by atoms with Gasteiger partial charge in [0.25, 0.3) is 0 Å². The largest absolute Gasteiger partial charge is 0.384 e. The average molecular weight is 219 g/mol. The van der Waals surface area contributed by atoms with Gasteiger partial charge in [0.1, 0.15) is 5.82 Å². The van der Waals surface area contributed by atoms with E-state index in [9.17, 15) is 0 Å². The van der Waals surface area contributed by atoms with Crippen molar-refractivity contribution in [1.82, 2.24) is 10.3 Å². The molecule has 0 saturated carbocycles. The van der Waals surface area contributed by atoms with Gasteiger partial charge in [-0.05, 0) is 49.4 Å². The van der Waals surface area contributed by atoms with E-state index in [4.69, 9.17) is 5.73 Å². The Kier molecular flexibility index (Phi) is 3.15. The molecule has 0 aromatic carbocycles. The summed E-state index contributed by atoms with van der Waals surface area (Å²) in [7, 11) is 0. The molecule has 3 nitrogen and oxygen atoms in total. The third-order valence-electron chi connectivity index (χ3n) is 3.75. The Balaban J connectivity index is 2.18. The van der Waals surface area contributed by atoms with Crippen molar-refractivity contribution in [3.8, 4) is 0 Å². The zero-order chi connectivity index (χ0) is 11.6. The maximum Gasteiger partial charge on any atom is 0.123 e. The summed E-state index contributed by atoms with van der Waals surface area (Å²) in [6.07, 6.45) is 5.39. The maximum absolute atomic E-state index is 5.72. The predicted octanol–water partition coefficient (Wildman–Crippen LogP) is 1.98. The first-order valence-corrected chi connectivity index (χ1v) is 6.08. The number of rotatable bonds is 3. The molecule has 16 heavy (non-hydrogen) atoms. The monoisotopic (exact) mass is 219 g/mol. The first kappa shape index (κ1) is 11.4. The van der Waals surface area contributed by atoms with Crippen LogP contribution in [0.5, 0.6) is 0 Å². The lowest BCUT2D eigenvalue weighted by Gasteiger charge is -2.34. The normalized spacial score (nSPS) is 25.2. The summed E-state index contributed by atoms with van der Waals surface area (Å²) in [4.78, 5) is 4.04. The molecule has 1 unspecified atom stereocenters. The van der Waals surface area contributed by atoms with Crippen molar-refractivity contribution in [3.63, 3.8) is 0 Å². The van der Waals surface area contributed by atoms with E-state index in [1.165, 1.54) is 18.4 Å². The van der Waals surface area contributed by atoms with Crippen LogP contribution in [0.3, 0.4) is 0 Å². The van der Waals surface area contributed by atoms with Gasteiger partial charge in [-0.1, -0.05) is 13.8 Å². The molecular weight excluding hydrogens is 198 g/mol. The Labute approximate surface area is 97.5 Å². The first-order chi connectivity index (χ1) is 7.62. The predicted molar refractivity (Wildman–Crippen MR) is 67.2 cm³/mol. The van der Waals surface area contributed by atoms with E-state index >= 15 is 0 Å². The summed E-state index contributed by atoms with van der Waals surface area (Å²) in [6.45, 7) is 5.73. The molecule has 0 amide bonds. The summed E-state index contributed by atoms with van der Waals surface area (Å²) in [5.74, 6) is 1.26. The smallest absolute Gasteiger partial charge is 0.123 e. The van der Waals surface area contributed by atoms with E-state index < -0.39 is 0 Å². The molecule has 1 saturated heterocycles. The van der Waals surface area contributed by atoms with Gasteiger partial charge in [-0.15, -0.1) is 0 Å². The Morgan fingerprint density at radius 1 is 1.56 bits per heavy atom. The molecule has 2 heterocycles. The van der Waals surface area contributed by atoms with Crippen molar-refractivity contribution in [1.29, 1.82) is 0 Å². The number of hydrogen-bond donors (Lipinski definition) is 2. The molecule has 0 aliphatic carbocycles. The van der Waals surface area contributed by atoms with Crippen molar-refractivity contribution in [2.45, 2.75) is 38.6 Å². The van der Waals surface area contributed by atoms with Crippen LogP contribution in [0.15, 0.2) is 18.3 Å². The first-order valence-electron chi connectivity index (χ1n) is 6.08. The molecule has 1 aliphatic heterocycles. The Morgan fingerprint density at radius 3 is 2.94 bits per heavy atom. The highest BCUT2D eigenvalue weighted by molar-refractivity contribution is 5.33. The van der Waals surface area contributed by atoms with Gasteiger partial charge >= 0.3 is 0 Å². The number of pyridine rings is 1. The second-order valence-corrected chi connectivity index (χ2v) is 5.11. The number of nitrogen functional groups attached to an aromatic ring is 1. The topological polar surface area (TPSA) is 50.9 Å². The molecule has 3 heteroatoms. The Bertz CT molecular complexity index is 354. The summed E-state index contributed by atoms with van der Waals surface area (Å²) < 4.78 is 0. The Morgan fingerprint density at radius 2 is 2.38 bits per heavy atom. The van der Waals surface area contributed by atoms with Gasteiger partial charge in [0.15, 0.2) is 0 Å². The van der Waals surface area contributed by atoms with E-state index in [1.807, 2.05) is 6.07 Å². The van der Waals surface area contributed by atoms with Gasteiger partial charge in [-0.3, -0.25) is 0 Å². The van der Waals surface area contributed by atoms with Gasteiger partial charge in [-0.25, -0.2) is 4.98 Å². The van der Waals surface area contributed by atoms with E-state index in [-0.39, 0.29) is 5.54 Å². The lowest BCUT2D eigenvalue weighted by Crippen LogP contribution is -2.46. The fourth-order valence-corrected chi connectivity index (χ4v) is 2.65. The van der Waals surface area contributed by atoms with Gasteiger partial charge in [0, 0.05) is 11.7 Å². The van der Waals surface area contributed by atoms with Gasteiger partial charge in [0.05, 0.1) is 0 Å². The zero-order valence-corrected chi connectivity index (χ0v) is 10.2. The number of nitrogens with one attached hydrogen (secondary N) is 1. The van der Waals surface area contributed by atoms with Crippen LogP contribution in [-0.2, 0) is 6.42 Å². The van der Waals surface area contributed by atoms with Gasteiger partial charge < -0.3 is 11.1 Å². The lowest BCUT2D eigenvalue weighted by molar-refractivity contribution is 0.269. The number of anilines is 1. The van der Waals surface area contributed by atoms with Crippen molar-refractivity contribution < 1.29 is 0 Å². The fourth-order valence-electron chi connectivity index (χ4n) is 2.65. The van der Waals surface area contributed by atoms with Crippen molar-refractivity contribution in [2.75, 3.05) is 12.3 Å². The van der Waals surface area contributed by atoms with E-state index in [2.05, 4.69) is 30.2 Å². The minimum absolute atomic E-state index is 0.258. The van der Waals surface area contributed by atoms with Crippen molar-refractivity contribution in [3.05, 3.63) is 23.9 Å². The van der Waals surface area contributed by atoms with Crippen LogP contribution in [0.25, 0.3) is 0 Å². The second-order valence-electron chi connectivity index (χ2n) is 5.11. The van der Waals surface area contributed by atoms with Crippen LogP contribution in [0.4, 0.5) is 5.82 Å². The van der Waals surface area contributed by atoms with Crippen LogP contribution in [0.1, 0.15) is 32.3 Å². The number of nitrogens with zero attached hydrogens (tertiary/aromatic N) is 1. The van der Waals surface area contributed by atoms with Crippen LogP contribution < -0.4 is 11.1 Å². The van der Waals surface area contributed by atoms with Crippen LogP contribution in [0.2, 0.25) is 0 Å². The van der Waals surface area contributed by atoms with Gasteiger partial charge in [-0.2, -0.15) is 0 Å². The fraction of sp³-hybridized carbons (Fsp3) is 0.615. The molecule has 0 bridgehead atoms. The van der Waals surface area contributed by atoms with Crippen molar-refractivity contribution >= 4 is 5.82 Å². The molecule has 0 spiro atoms. The summed E-state index contributed by atoms with van der Waals surface area (Å²) in [6, 6.07) is 4.06. The minimum atomic E-state index is 0.258. The number of hydrogen-bond acceptors (Lipinski definition) is 3. The van der Waals surface area contributed by atoms with Crippen LogP contribution in [0, 0.1) is 5.92 Å². The molecule has 0 radical (unpaired) electrons. The molecule has 1 fully saturated rings. The summed E-state index contributed by atoms with van der Waals surface area (Å²) in [5.41, 5.74) is 7.27. The van der Waals surface area contributed by atoms with Crippen LogP contribution in [-0.4, -0.2) is 17.1 Å². The average Bonchev–Trinajstić information content (AvgIpc) is 2.67. The van der Waals surface area contributed by atoms with Crippen molar-refractivity contribution in [2.24, 2.45) is 5.92 Å². The van der Waals surface area contributed by atoms with Crippen LogP contribution >= 0.6 is 0 Å². The SMILES string of the molecule is CC(C)C1(Cc2ccnc(N)c2)CCCN1. The standard InChI is InChI=1S/C13H21N3/c1-10(2)13(5-3-6-16-13)9-11-4-7-15-12(14)8-11/h4,7-8,10,16H,3,5-6,9H2,1-2H3,(H2,14,15). The minimum Gasteiger partial charge on any atom is -0.384 e. The third-order valence-corrected chi connectivity index (χ3v) is 3.75. The molecule has 88 valence electrons. The molecule has 1 aromatic heterocycles. The molecule has 1 aliphatic rings. The lowest BCUT2D eigenvalue weighted by atomic mass is 9.80. The number of nitrogens with two attached hydrogens (primary N) is 1. The summed E-state index contributed by atoms with van der Waals surface area (Å²) in [5, 5.41) is 3.68. The molecular formula is C13H21N3. The molecule has 1 aromatic rings. The summed E-state index contributed by atoms with van der Waals surface area (Å²) >= 11 is 0. The second kappa shape index (κ2) is 4.42. The highest BCUT2D eigenvalue weighted by Crippen LogP contribution is 2.31. The third kappa shape index (κ3) is 2.19. The highest BCUT2D eigenvalue weighted by Gasteiger charge is 2.36. The molecule has 1 atom stereocenters. The number of aromatic nitrogens is 1. The highest BCUT2D eigenvalue weighted by atomic mass is 15.0. The van der Waals surface area contributed by atoms with E-state index in [0.29, 0.717) is 11.7 Å². The quantitative estimate of drug-likeness (QED) is 0.817. The van der Waals surface area contributed by atoms with E-state index in [1.54, 1.807) is 6.20 Å². The Hall–Kier alpha value is -1.09. The van der Waals surface area contributed by atoms with E-state index in [0.717, 1.165) is 13.0 Å². The molecule has 3 N–H and O–H groups in total. The van der Waals surface area contributed by atoms with Gasteiger partial charge in [0.2, 0.25) is 0 Å². The molecule has 2 rings (SSSR count). The zero-order valence-electron chi connectivity index (χ0n) is 10.2.